The van der Waals surface area contributed by atoms with Crippen LogP contribution in [-0.2, 0) is 40.0 Å². The number of hydrogen-bond acceptors (Lipinski definition) is 10. The molecule has 2 saturated heterocycles. The van der Waals surface area contributed by atoms with Crippen LogP contribution >= 0.6 is 11.8 Å². The first-order chi connectivity index (χ1) is 33.0. The Morgan fingerprint density at radius 3 is 2.24 bits per heavy atom. The van der Waals surface area contributed by atoms with Gasteiger partial charge in [0, 0.05) is 90.7 Å². The highest BCUT2D eigenvalue weighted by Gasteiger charge is 2.68. The van der Waals surface area contributed by atoms with E-state index in [4.69, 9.17) is 10.5 Å². The van der Waals surface area contributed by atoms with E-state index in [0.29, 0.717) is 42.3 Å². The molecule has 3 aliphatic carbocycles. The zero-order chi connectivity index (χ0) is 51.3. The number of anilines is 1. The molecule has 2 unspecified atom stereocenters. The third-order valence-electron chi connectivity index (χ3n) is 17.8. The maximum Gasteiger partial charge on any atom is 0.316 e. The minimum Gasteiger partial charge on any atom is -0.461 e. The fraction of sp³-hybridized carbons (Fsp3) is 0.722. The van der Waals surface area contributed by atoms with E-state index in [-0.39, 0.29) is 84.1 Å². The fourth-order valence-electron chi connectivity index (χ4n) is 13.2. The van der Waals surface area contributed by atoms with E-state index < -0.39 is 58.9 Å². The van der Waals surface area contributed by atoms with Gasteiger partial charge in [0.25, 0.3) is 0 Å². The summed E-state index contributed by atoms with van der Waals surface area (Å²) in [6.45, 7) is 20.8. The number of amides is 5. The number of Topliss-reactive ketones (excluding diaryl/α,β-unsaturated/α-hetero) is 2. The largest absolute Gasteiger partial charge is 0.461 e. The lowest BCUT2D eigenvalue weighted by atomic mass is 9.44. The monoisotopic (exact) mass is 992 g/mol. The summed E-state index contributed by atoms with van der Waals surface area (Å²) in [6, 6.07) is 6.05. The molecule has 5 aliphatic rings. The molecule has 3 saturated carbocycles. The van der Waals surface area contributed by atoms with E-state index in [1.807, 2.05) is 37.3 Å². The van der Waals surface area contributed by atoms with Crippen molar-refractivity contribution in [2.24, 2.45) is 51.6 Å². The summed E-state index contributed by atoms with van der Waals surface area (Å²) in [7, 11) is 0. The lowest BCUT2D eigenvalue weighted by Crippen LogP contribution is -3.17. The van der Waals surface area contributed by atoms with Crippen LogP contribution in [0.2, 0.25) is 0 Å². The number of thioether (sulfide) groups is 1. The van der Waals surface area contributed by atoms with Crippen molar-refractivity contribution in [1.82, 2.24) is 16.0 Å². The van der Waals surface area contributed by atoms with E-state index in [1.54, 1.807) is 39.5 Å². The highest BCUT2D eigenvalue weighted by atomic mass is 32.2. The van der Waals surface area contributed by atoms with Gasteiger partial charge in [0.05, 0.1) is 23.9 Å². The molecule has 6 rings (SSSR count). The first-order valence-corrected chi connectivity index (χ1v) is 27.1. The van der Waals surface area contributed by atoms with Gasteiger partial charge in [0.15, 0.2) is 0 Å². The van der Waals surface area contributed by atoms with Gasteiger partial charge in [-0.05, 0) is 73.8 Å². The van der Waals surface area contributed by atoms with Gasteiger partial charge in [-0.15, -0.1) is 18.3 Å². The Morgan fingerprint density at radius 2 is 1.63 bits per heavy atom. The molecule has 0 aromatic heterocycles. The number of rotatable bonds is 21. The Bertz CT molecular complexity index is 2090. The Hall–Kier alpha value is -4.28. The first kappa shape index (κ1) is 55.0. The number of benzene rings is 1. The molecule has 1 aromatic rings. The minimum atomic E-state index is -0.979. The van der Waals surface area contributed by atoms with Crippen LogP contribution < -0.4 is 31.9 Å². The molecular formula is C54H83N6O9S+. The number of esters is 1. The molecule has 2 heterocycles. The summed E-state index contributed by atoms with van der Waals surface area (Å²) in [5.74, 6) is -1.84. The normalized spacial score (nSPS) is 33.2. The van der Waals surface area contributed by atoms with Gasteiger partial charge in [-0.1, -0.05) is 73.6 Å². The topological polar surface area (TPSA) is 228 Å². The van der Waals surface area contributed by atoms with Gasteiger partial charge in [0.1, 0.15) is 36.3 Å². The summed E-state index contributed by atoms with van der Waals surface area (Å²) in [5, 5.41) is 23.2. The van der Waals surface area contributed by atoms with Crippen LogP contribution in [0.25, 0.3) is 0 Å². The number of quaternary nitrogens is 1. The summed E-state index contributed by atoms with van der Waals surface area (Å²) >= 11 is 1.69. The van der Waals surface area contributed by atoms with Gasteiger partial charge in [-0.25, -0.2) is 4.79 Å². The summed E-state index contributed by atoms with van der Waals surface area (Å²) < 4.78 is 6.56. The van der Waals surface area contributed by atoms with E-state index in [9.17, 15) is 38.7 Å². The van der Waals surface area contributed by atoms with Crippen LogP contribution in [0.5, 0.6) is 0 Å². The molecule has 5 amide bonds. The van der Waals surface area contributed by atoms with Crippen molar-refractivity contribution >= 4 is 58.7 Å². The van der Waals surface area contributed by atoms with Crippen molar-refractivity contribution < 1.29 is 48.3 Å². The van der Waals surface area contributed by atoms with Crippen LogP contribution in [0, 0.1) is 45.8 Å². The Labute approximate surface area is 420 Å². The summed E-state index contributed by atoms with van der Waals surface area (Å²) in [4.78, 5) is 92.8. The average molecular weight is 992 g/mol. The molecule has 12 atom stereocenters. The van der Waals surface area contributed by atoms with Crippen LogP contribution in [0.3, 0.4) is 0 Å². The zero-order valence-electron chi connectivity index (χ0n) is 43.0. The Kier molecular flexibility index (Phi) is 18.1. The molecule has 5 fully saturated rings. The number of aliphatic hydroxyl groups is 1. The zero-order valence-corrected chi connectivity index (χ0v) is 43.9. The number of ether oxygens (including phenoxy) is 1. The second kappa shape index (κ2) is 23.1. The van der Waals surface area contributed by atoms with Gasteiger partial charge < -0.3 is 41.7 Å². The number of fused-ring (bicyclic) bond motifs is 2. The molecule has 2 aliphatic heterocycles. The molecular weight excluding hydrogens is 909 g/mol. The van der Waals surface area contributed by atoms with Crippen molar-refractivity contribution in [3.8, 4) is 0 Å². The van der Waals surface area contributed by atoms with Gasteiger partial charge in [0.2, 0.25) is 17.7 Å². The lowest BCUT2D eigenvalue weighted by Gasteiger charge is -2.61. The molecule has 1 aromatic carbocycles. The van der Waals surface area contributed by atoms with Crippen molar-refractivity contribution in [1.29, 1.82) is 0 Å². The van der Waals surface area contributed by atoms with Crippen LogP contribution in [0.15, 0.2) is 36.9 Å². The molecule has 0 spiro atoms. The number of hydrogen-bond donors (Lipinski definition) is 7. The SMILES string of the molecule is C=C[C@]1(C)C[C@@H](OC(=O)CSC2CC3CCC(C2)[NH+]3Cc2ccc(NC(=O)[C@H](CCCNC(N)=O)NC(=O)[C@@H](NC(=O)CCC(=O)C(C)C)C(C)C)cc2)[C@]2(C)[C@H](C)CC[C@]3(CCC(=O)[C@H]32)[C@@H](C)[C@@H]1O. The predicted octanol–water partition coefficient (Wildman–Crippen LogP) is 5.42. The molecule has 0 radical (unpaired) electrons. The van der Waals surface area contributed by atoms with Crippen molar-refractivity contribution in [2.45, 2.75) is 187 Å². The number of ketones is 2. The summed E-state index contributed by atoms with van der Waals surface area (Å²) in [5.41, 5.74) is 5.41. The average Bonchev–Trinajstić information content (AvgIpc) is 3.78. The van der Waals surface area contributed by atoms with Crippen LogP contribution in [0.1, 0.15) is 144 Å². The molecule has 70 heavy (non-hydrogen) atoms. The highest BCUT2D eigenvalue weighted by molar-refractivity contribution is 8.00. The van der Waals surface area contributed by atoms with E-state index >= 15 is 0 Å². The quantitative estimate of drug-likeness (QED) is 0.0470. The molecule has 4 bridgehead atoms. The number of aliphatic hydroxyl groups excluding tert-OH is 1. The first-order valence-electron chi connectivity index (χ1n) is 26.1. The lowest BCUT2D eigenvalue weighted by molar-refractivity contribution is -0.954. The molecule has 15 nitrogen and oxygen atoms in total. The van der Waals surface area contributed by atoms with E-state index in [1.165, 1.54) is 4.90 Å². The van der Waals surface area contributed by atoms with Gasteiger partial charge >= 0.3 is 12.0 Å². The number of piperidine rings is 1. The molecule has 388 valence electrons. The number of carbonyl (C=O) groups excluding carboxylic acids is 7. The third-order valence-corrected chi connectivity index (χ3v) is 19.0. The standard InChI is InChI=1S/C54H82N6O9S/c1-10-52(8)28-43(53(9)33(6)21-23-54(34(7)48(52)65)24-22-42(62)47(53)54)69-45(64)30-70-39-26-37-17-18-38(27-39)60(37)29-35-13-15-36(16-14-35)57-49(66)40(12-11-25-56-51(55)68)58-50(67)46(32(4)5)59-44(63)20-19-41(61)31(2)3/h10,13-16,31-34,37-40,43,46-48,65H,1,11-12,17-30H2,2-9H3,(H,57,66)(H,58,67)(H,59,63)(H3,55,56,68)/p+1/t33-,34+,37?,38?,39?,40+,43-,46+,47+,48+,52-,53+,54+/m1/s1. The minimum absolute atomic E-state index is 0.0406. The fourth-order valence-corrected chi connectivity index (χ4v) is 14.4. The van der Waals surface area contributed by atoms with Gasteiger partial charge in [-0.3, -0.25) is 28.8 Å². The van der Waals surface area contributed by atoms with E-state index in [2.05, 4.69) is 48.6 Å². The third kappa shape index (κ3) is 12.1. The van der Waals surface area contributed by atoms with Crippen LogP contribution in [-0.4, -0.2) is 100 Å². The van der Waals surface area contributed by atoms with Crippen molar-refractivity contribution in [3.63, 3.8) is 0 Å². The second-order valence-electron chi connectivity index (χ2n) is 22.8. The van der Waals surface area contributed by atoms with Crippen molar-refractivity contribution in [2.75, 3.05) is 17.6 Å². The number of nitrogens with one attached hydrogen (secondary N) is 5. The number of primary amides is 1. The Morgan fingerprint density at radius 1 is 0.957 bits per heavy atom. The number of nitrogens with two attached hydrogens (primary N) is 1. The number of carbonyl (C=O) groups is 7. The number of urea groups is 1. The smallest absolute Gasteiger partial charge is 0.316 e. The van der Waals surface area contributed by atoms with Crippen molar-refractivity contribution in [3.05, 3.63) is 42.5 Å². The molecule has 16 heteroatoms. The Balaban J connectivity index is 1.03. The predicted molar refractivity (Wildman–Crippen MR) is 271 cm³/mol. The van der Waals surface area contributed by atoms with E-state index in [0.717, 1.165) is 57.1 Å². The maximum atomic E-state index is 14.0. The highest BCUT2D eigenvalue weighted by Crippen LogP contribution is 2.68. The summed E-state index contributed by atoms with van der Waals surface area (Å²) in [6.07, 6.45) is 8.98. The van der Waals surface area contributed by atoms with Crippen LogP contribution in [0.4, 0.5) is 10.5 Å². The maximum absolute atomic E-state index is 14.0. The second-order valence-corrected chi connectivity index (χ2v) is 24.1. The molecule has 8 N–H and O–H groups in total. The van der Waals surface area contributed by atoms with Gasteiger partial charge in [-0.2, -0.15) is 0 Å².